The van der Waals surface area contributed by atoms with Gasteiger partial charge in [0, 0.05) is 45.0 Å². The molecule has 0 radical (unpaired) electrons. The van der Waals surface area contributed by atoms with E-state index in [0.717, 1.165) is 37.3 Å². The summed E-state index contributed by atoms with van der Waals surface area (Å²) in [5.41, 5.74) is -0.461. The molecule has 10 nitrogen and oxygen atoms in total. The van der Waals surface area contributed by atoms with E-state index in [9.17, 15) is 9.59 Å². The van der Waals surface area contributed by atoms with Gasteiger partial charge in [0.2, 0.25) is 12.7 Å². The molecule has 1 aromatic carbocycles. The summed E-state index contributed by atoms with van der Waals surface area (Å²) < 4.78 is 11.7. The summed E-state index contributed by atoms with van der Waals surface area (Å²) in [5, 5.41) is 0.237. The molecule has 1 saturated heterocycles. The minimum atomic E-state index is -0.577. The van der Waals surface area contributed by atoms with Crippen LogP contribution in [0.2, 0.25) is 0 Å². The molecular formula is C20H20N6O4. The van der Waals surface area contributed by atoms with Crippen molar-refractivity contribution < 1.29 is 9.47 Å². The molecule has 1 fully saturated rings. The Morgan fingerprint density at radius 1 is 1.13 bits per heavy atom. The third-order valence-corrected chi connectivity index (χ3v) is 5.29. The van der Waals surface area contributed by atoms with Crippen molar-refractivity contribution in [2.75, 3.05) is 44.4 Å². The lowest BCUT2D eigenvalue weighted by Crippen LogP contribution is -2.47. The normalized spacial score (nSPS) is 16.2. The first kappa shape index (κ1) is 18.4. The first-order chi connectivity index (χ1) is 14.6. The van der Waals surface area contributed by atoms with E-state index in [0.29, 0.717) is 23.1 Å². The molecule has 0 aliphatic carbocycles. The average Bonchev–Trinajstić information content (AvgIpc) is 3.22. The standard InChI is InChI=1S/C20H20N6O4/c1-2-5-24-6-8-25(9-7-24)19-21-11-14-17(22-19)23-20(28)26(18(14)27)13-3-4-15-16(10-13)30-12-29-15/h2-4,10-11H,1,5-9,12H2,(H,21,22,23,28). The Morgan fingerprint density at radius 2 is 1.93 bits per heavy atom. The van der Waals surface area contributed by atoms with Crippen molar-refractivity contribution in [1.29, 1.82) is 0 Å². The summed E-state index contributed by atoms with van der Waals surface area (Å²) in [4.78, 5) is 41.6. The highest BCUT2D eigenvalue weighted by Crippen LogP contribution is 2.33. The Bertz CT molecular complexity index is 1240. The fourth-order valence-electron chi connectivity index (χ4n) is 3.72. The van der Waals surface area contributed by atoms with Crippen LogP contribution >= 0.6 is 0 Å². The number of nitrogens with one attached hydrogen (secondary N) is 1. The van der Waals surface area contributed by atoms with E-state index in [1.54, 1.807) is 18.2 Å². The molecular weight excluding hydrogens is 388 g/mol. The molecule has 154 valence electrons. The molecule has 0 amide bonds. The van der Waals surface area contributed by atoms with Crippen LogP contribution in [0.1, 0.15) is 0 Å². The van der Waals surface area contributed by atoms with Gasteiger partial charge in [-0.2, -0.15) is 4.98 Å². The molecule has 0 saturated carbocycles. The van der Waals surface area contributed by atoms with Gasteiger partial charge < -0.3 is 14.4 Å². The zero-order valence-electron chi connectivity index (χ0n) is 16.2. The predicted molar refractivity (Wildman–Crippen MR) is 111 cm³/mol. The van der Waals surface area contributed by atoms with E-state index in [2.05, 4.69) is 26.4 Å². The fourth-order valence-corrected chi connectivity index (χ4v) is 3.72. The van der Waals surface area contributed by atoms with Crippen molar-refractivity contribution in [2.45, 2.75) is 0 Å². The number of benzene rings is 1. The van der Waals surface area contributed by atoms with E-state index in [-0.39, 0.29) is 17.8 Å². The maximum absolute atomic E-state index is 13.0. The smallest absolute Gasteiger partial charge is 0.334 e. The summed E-state index contributed by atoms with van der Waals surface area (Å²) in [6.07, 6.45) is 3.35. The van der Waals surface area contributed by atoms with Crippen LogP contribution in [0.15, 0.2) is 46.6 Å². The molecule has 4 heterocycles. The van der Waals surface area contributed by atoms with E-state index in [1.165, 1.54) is 6.20 Å². The van der Waals surface area contributed by atoms with Gasteiger partial charge in [-0.1, -0.05) is 6.08 Å². The number of ether oxygens (including phenoxy) is 2. The maximum atomic E-state index is 13.0. The quantitative estimate of drug-likeness (QED) is 0.623. The van der Waals surface area contributed by atoms with Gasteiger partial charge in [-0.05, 0) is 12.1 Å². The van der Waals surface area contributed by atoms with Crippen molar-refractivity contribution >= 4 is 17.0 Å². The fraction of sp³-hybridized carbons (Fsp3) is 0.300. The first-order valence-electron chi connectivity index (χ1n) is 9.64. The molecule has 0 atom stereocenters. The minimum absolute atomic E-state index is 0.111. The molecule has 0 spiro atoms. The van der Waals surface area contributed by atoms with Gasteiger partial charge in [-0.3, -0.25) is 14.7 Å². The molecule has 3 aromatic rings. The number of H-pyrrole nitrogens is 1. The zero-order chi connectivity index (χ0) is 20.7. The summed E-state index contributed by atoms with van der Waals surface area (Å²) in [6, 6.07) is 4.90. The van der Waals surface area contributed by atoms with Crippen molar-refractivity contribution in [3.8, 4) is 17.2 Å². The zero-order valence-corrected chi connectivity index (χ0v) is 16.2. The number of rotatable bonds is 4. The second-order valence-electron chi connectivity index (χ2n) is 7.12. The third-order valence-electron chi connectivity index (χ3n) is 5.29. The maximum Gasteiger partial charge on any atom is 0.334 e. The molecule has 10 heteroatoms. The number of hydrogen-bond donors (Lipinski definition) is 1. The lowest BCUT2D eigenvalue weighted by molar-refractivity contribution is 0.174. The number of piperazine rings is 1. The van der Waals surface area contributed by atoms with Gasteiger partial charge in [-0.25, -0.2) is 14.3 Å². The molecule has 2 aliphatic rings. The van der Waals surface area contributed by atoms with E-state index < -0.39 is 11.2 Å². The number of fused-ring (bicyclic) bond motifs is 2. The lowest BCUT2D eigenvalue weighted by Gasteiger charge is -2.34. The molecule has 2 aromatic heterocycles. The highest BCUT2D eigenvalue weighted by molar-refractivity contribution is 5.74. The molecule has 2 aliphatic heterocycles. The Hall–Kier alpha value is -3.66. The largest absolute Gasteiger partial charge is 0.454 e. The number of hydrogen-bond acceptors (Lipinski definition) is 8. The third kappa shape index (κ3) is 3.11. The Labute approximate surface area is 171 Å². The van der Waals surface area contributed by atoms with Crippen LogP contribution in [0.25, 0.3) is 16.7 Å². The van der Waals surface area contributed by atoms with Gasteiger partial charge in [0.05, 0.1) is 5.69 Å². The van der Waals surface area contributed by atoms with Gasteiger partial charge in [0.1, 0.15) is 5.39 Å². The van der Waals surface area contributed by atoms with E-state index >= 15 is 0 Å². The van der Waals surface area contributed by atoms with Crippen LogP contribution in [0.3, 0.4) is 0 Å². The van der Waals surface area contributed by atoms with E-state index in [4.69, 9.17) is 9.47 Å². The predicted octanol–water partition coefficient (Wildman–Crippen LogP) is 0.506. The van der Waals surface area contributed by atoms with Gasteiger partial charge in [-0.15, -0.1) is 6.58 Å². The molecule has 5 rings (SSSR count). The highest BCUT2D eigenvalue weighted by Gasteiger charge is 2.20. The van der Waals surface area contributed by atoms with Crippen LogP contribution < -0.4 is 25.6 Å². The van der Waals surface area contributed by atoms with Gasteiger partial charge >= 0.3 is 5.69 Å². The molecule has 1 N–H and O–H groups in total. The van der Waals surface area contributed by atoms with Crippen LogP contribution in [-0.4, -0.2) is 63.9 Å². The first-order valence-corrected chi connectivity index (χ1v) is 9.64. The van der Waals surface area contributed by atoms with Crippen LogP contribution in [0.4, 0.5) is 5.95 Å². The number of aromatic amines is 1. The molecule has 0 unspecified atom stereocenters. The summed E-state index contributed by atoms with van der Waals surface area (Å²) in [5.74, 6) is 1.56. The highest BCUT2D eigenvalue weighted by atomic mass is 16.7. The topological polar surface area (TPSA) is 106 Å². The van der Waals surface area contributed by atoms with Gasteiger partial charge in [0.15, 0.2) is 17.1 Å². The van der Waals surface area contributed by atoms with Crippen molar-refractivity contribution in [3.05, 3.63) is 57.9 Å². The van der Waals surface area contributed by atoms with Crippen molar-refractivity contribution in [3.63, 3.8) is 0 Å². The second kappa shape index (κ2) is 7.30. The van der Waals surface area contributed by atoms with Gasteiger partial charge in [0.25, 0.3) is 5.56 Å². The summed E-state index contributed by atoms with van der Waals surface area (Å²) >= 11 is 0. The Balaban J connectivity index is 1.50. The average molecular weight is 408 g/mol. The number of nitrogens with zero attached hydrogens (tertiary/aromatic N) is 5. The monoisotopic (exact) mass is 408 g/mol. The number of aromatic nitrogens is 4. The van der Waals surface area contributed by atoms with Crippen LogP contribution in [-0.2, 0) is 0 Å². The van der Waals surface area contributed by atoms with Crippen LogP contribution in [0, 0.1) is 0 Å². The SMILES string of the molecule is C=CCN1CCN(c2ncc3c(=O)n(-c4ccc5c(c4)OCO5)c(=O)[nH]c3n2)CC1. The summed E-state index contributed by atoms with van der Waals surface area (Å²) in [6.45, 7) is 7.99. The summed E-state index contributed by atoms with van der Waals surface area (Å²) in [7, 11) is 0. The Kier molecular flexibility index (Phi) is 4.47. The minimum Gasteiger partial charge on any atom is -0.454 e. The van der Waals surface area contributed by atoms with Crippen molar-refractivity contribution in [2.24, 2.45) is 0 Å². The van der Waals surface area contributed by atoms with E-state index in [1.807, 2.05) is 11.0 Å². The van der Waals surface area contributed by atoms with Crippen LogP contribution in [0.5, 0.6) is 11.5 Å². The molecule has 30 heavy (non-hydrogen) atoms. The Morgan fingerprint density at radius 3 is 2.73 bits per heavy atom. The lowest BCUT2D eigenvalue weighted by atomic mass is 10.2. The second-order valence-corrected chi connectivity index (χ2v) is 7.12. The molecule has 0 bridgehead atoms. The number of anilines is 1. The van der Waals surface area contributed by atoms with Crippen molar-refractivity contribution in [1.82, 2.24) is 24.4 Å².